The molecule has 0 unspecified atom stereocenters. The molecule has 0 spiro atoms. The van der Waals surface area contributed by atoms with Gasteiger partial charge in [-0.25, -0.2) is 0 Å². The number of carbonyl (C=O) groups is 3. The quantitative estimate of drug-likeness (QED) is 0.227. The van der Waals surface area contributed by atoms with E-state index in [4.69, 9.17) is 9.47 Å². The van der Waals surface area contributed by atoms with E-state index < -0.39 is 11.1 Å². The van der Waals surface area contributed by atoms with Crippen molar-refractivity contribution in [1.82, 2.24) is 9.80 Å². The van der Waals surface area contributed by atoms with Gasteiger partial charge >= 0.3 is 0 Å². The van der Waals surface area contributed by atoms with E-state index in [-0.39, 0.29) is 17.4 Å². The molecule has 2 aliphatic rings. The summed E-state index contributed by atoms with van der Waals surface area (Å²) in [6.07, 6.45) is 5.85. The molecule has 206 valence electrons. The lowest BCUT2D eigenvalue weighted by atomic mass is 9.99. The summed E-state index contributed by atoms with van der Waals surface area (Å²) in [6.45, 7) is 9.82. The van der Waals surface area contributed by atoms with Gasteiger partial charge in [0.15, 0.2) is 11.5 Å². The molecule has 39 heavy (non-hydrogen) atoms. The lowest BCUT2D eigenvalue weighted by Crippen LogP contribution is -2.45. The second kappa shape index (κ2) is 13.3. The van der Waals surface area contributed by atoms with Crippen LogP contribution in [0.4, 0.5) is 4.79 Å². The van der Waals surface area contributed by atoms with Crippen molar-refractivity contribution in [3.63, 3.8) is 0 Å². The van der Waals surface area contributed by atoms with Gasteiger partial charge in [0.2, 0.25) is 5.91 Å². The first kappa shape index (κ1) is 29.0. The zero-order valence-corrected chi connectivity index (χ0v) is 24.7. The van der Waals surface area contributed by atoms with Crippen molar-refractivity contribution in [2.45, 2.75) is 39.7 Å². The summed E-state index contributed by atoms with van der Waals surface area (Å²) in [5, 5.41) is -0.434. The van der Waals surface area contributed by atoms with Gasteiger partial charge in [-0.1, -0.05) is 41.1 Å². The minimum Gasteiger partial charge on any atom is -0.490 e. The summed E-state index contributed by atoms with van der Waals surface area (Å²) in [6, 6.07) is 11.6. The van der Waals surface area contributed by atoms with Crippen LogP contribution in [0.3, 0.4) is 0 Å². The highest BCUT2D eigenvalue weighted by Gasteiger charge is 2.37. The van der Waals surface area contributed by atoms with E-state index in [1.54, 1.807) is 23.1 Å². The van der Waals surface area contributed by atoms with E-state index in [0.29, 0.717) is 55.7 Å². The minimum absolute atomic E-state index is 0.190. The maximum atomic E-state index is 13.1. The fourth-order valence-electron chi connectivity index (χ4n) is 4.52. The van der Waals surface area contributed by atoms with Gasteiger partial charge in [0.25, 0.3) is 11.1 Å². The Bertz CT molecular complexity index is 1270. The van der Waals surface area contributed by atoms with Crippen molar-refractivity contribution in [3.8, 4) is 11.5 Å². The molecule has 7 nitrogen and oxygen atoms in total. The van der Waals surface area contributed by atoms with Crippen molar-refractivity contribution in [1.29, 1.82) is 0 Å². The Morgan fingerprint density at radius 2 is 1.87 bits per heavy atom. The zero-order chi connectivity index (χ0) is 27.9. The molecule has 2 aromatic carbocycles. The molecule has 0 atom stereocenters. The van der Waals surface area contributed by atoms with Gasteiger partial charge in [-0.3, -0.25) is 19.3 Å². The number of likely N-dealkylation sites (tertiary alicyclic amines) is 1. The molecule has 2 saturated heterocycles. The van der Waals surface area contributed by atoms with Gasteiger partial charge in [-0.15, -0.1) is 6.58 Å². The van der Waals surface area contributed by atoms with Crippen molar-refractivity contribution < 1.29 is 23.9 Å². The molecule has 2 aliphatic heterocycles. The first-order chi connectivity index (χ1) is 18.8. The van der Waals surface area contributed by atoms with E-state index in [1.807, 2.05) is 37.3 Å². The first-order valence-corrected chi connectivity index (χ1v) is 14.7. The van der Waals surface area contributed by atoms with E-state index in [9.17, 15) is 14.4 Å². The number of thioether (sulfide) groups is 1. The van der Waals surface area contributed by atoms with Crippen molar-refractivity contribution in [2.24, 2.45) is 5.92 Å². The van der Waals surface area contributed by atoms with Gasteiger partial charge in [0.1, 0.15) is 13.2 Å². The number of piperidine rings is 1. The van der Waals surface area contributed by atoms with E-state index >= 15 is 0 Å². The van der Waals surface area contributed by atoms with Crippen molar-refractivity contribution in [2.75, 3.05) is 26.2 Å². The summed E-state index contributed by atoms with van der Waals surface area (Å²) in [5.41, 5.74) is 2.57. The highest BCUT2D eigenvalue weighted by atomic mass is 79.9. The molecule has 2 heterocycles. The molecule has 9 heteroatoms. The molecular weight excluding hydrogens is 580 g/mol. The molecular formula is C30H33BrN2O5S. The minimum atomic E-state index is -0.456. The van der Waals surface area contributed by atoms with Gasteiger partial charge in [0, 0.05) is 23.1 Å². The molecule has 0 aliphatic carbocycles. The third-order valence-electron chi connectivity index (χ3n) is 6.72. The number of benzene rings is 2. The molecule has 3 amide bonds. The summed E-state index contributed by atoms with van der Waals surface area (Å²) < 4.78 is 13.1. The van der Waals surface area contributed by atoms with Crippen LogP contribution in [0.25, 0.3) is 6.08 Å². The number of imide groups is 1. The third-order valence-corrected chi connectivity index (χ3v) is 8.15. The molecule has 2 fully saturated rings. The number of amides is 3. The molecule has 0 saturated carbocycles. The van der Waals surface area contributed by atoms with E-state index in [2.05, 4.69) is 29.4 Å². The smallest absolute Gasteiger partial charge is 0.294 e. The first-order valence-electron chi connectivity index (χ1n) is 13.1. The Balaban J connectivity index is 1.54. The predicted octanol–water partition coefficient (Wildman–Crippen LogP) is 6.45. The Morgan fingerprint density at radius 3 is 2.54 bits per heavy atom. The zero-order valence-electron chi connectivity index (χ0n) is 22.3. The molecule has 4 rings (SSSR count). The fourth-order valence-corrected chi connectivity index (χ4v) is 5.62. The summed E-state index contributed by atoms with van der Waals surface area (Å²) >= 11 is 4.30. The van der Waals surface area contributed by atoms with Gasteiger partial charge in [-0.05, 0) is 85.3 Å². The second-order valence-electron chi connectivity index (χ2n) is 9.68. The Morgan fingerprint density at radius 1 is 1.15 bits per heavy atom. The standard InChI is InChI=1S/C30H33BrN2O5S/c1-4-6-23-15-22(16-25(37-5-2)28(23)38-19-21-7-9-24(31)10-8-21)17-26-29(35)33(30(36)39-26)18-27(34)32-13-11-20(3)12-14-32/h4,7-10,15-17,20H,1,5-6,11-14,18-19H2,2-3H3/b26-17-. The van der Waals surface area contributed by atoms with Crippen LogP contribution in [0.5, 0.6) is 11.5 Å². The Hall–Kier alpha value is -3.04. The molecule has 0 aromatic heterocycles. The van der Waals surface area contributed by atoms with Crippen molar-refractivity contribution in [3.05, 3.63) is 75.1 Å². The highest BCUT2D eigenvalue weighted by Crippen LogP contribution is 2.38. The number of allylic oxidation sites excluding steroid dienone is 1. The largest absolute Gasteiger partial charge is 0.490 e. The summed E-state index contributed by atoms with van der Waals surface area (Å²) in [7, 11) is 0. The SMILES string of the molecule is C=CCc1cc(/C=C2\SC(=O)N(CC(=O)N3CCC(C)CC3)C2=O)cc(OCC)c1OCc1ccc(Br)cc1. The Kier molecular flexibility index (Phi) is 9.91. The van der Waals surface area contributed by atoms with Crippen LogP contribution in [0.15, 0.2) is 58.4 Å². The lowest BCUT2D eigenvalue weighted by Gasteiger charge is -2.31. The van der Waals surface area contributed by atoms with E-state index in [0.717, 1.165) is 45.1 Å². The van der Waals surface area contributed by atoms with Crippen LogP contribution < -0.4 is 9.47 Å². The predicted molar refractivity (Wildman–Crippen MR) is 158 cm³/mol. The Labute approximate surface area is 242 Å². The monoisotopic (exact) mass is 612 g/mol. The maximum absolute atomic E-state index is 13.1. The van der Waals surface area contributed by atoms with Gasteiger partial charge in [0.05, 0.1) is 11.5 Å². The highest BCUT2D eigenvalue weighted by molar-refractivity contribution is 9.10. The average Bonchev–Trinajstić information content (AvgIpc) is 3.17. The number of nitrogens with zero attached hydrogens (tertiary/aromatic N) is 2. The average molecular weight is 614 g/mol. The fraction of sp³-hybridized carbons (Fsp3) is 0.367. The summed E-state index contributed by atoms with van der Waals surface area (Å²) in [5.74, 6) is 1.10. The van der Waals surface area contributed by atoms with Crippen LogP contribution in [0, 0.1) is 5.92 Å². The van der Waals surface area contributed by atoms with Crippen LogP contribution in [0.2, 0.25) is 0 Å². The van der Waals surface area contributed by atoms with Crippen LogP contribution in [-0.2, 0) is 22.6 Å². The van der Waals surface area contributed by atoms with Crippen LogP contribution in [0.1, 0.15) is 43.4 Å². The molecule has 2 aromatic rings. The third kappa shape index (κ3) is 7.33. The number of hydrogen-bond acceptors (Lipinski definition) is 6. The molecule has 0 N–H and O–H groups in total. The topological polar surface area (TPSA) is 76.2 Å². The number of carbonyl (C=O) groups excluding carboxylic acids is 3. The summed E-state index contributed by atoms with van der Waals surface area (Å²) in [4.78, 5) is 41.7. The number of halogens is 1. The maximum Gasteiger partial charge on any atom is 0.294 e. The normalized spacial score (nSPS) is 17.2. The number of hydrogen-bond donors (Lipinski definition) is 0. The van der Waals surface area contributed by atoms with Gasteiger partial charge in [-0.2, -0.15) is 0 Å². The number of ether oxygens (including phenoxy) is 2. The molecule has 0 bridgehead atoms. The van der Waals surface area contributed by atoms with E-state index in [1.165, 1.54) is 0 Å². The molecule has 0 radical (unpaired) electrons. The second-order valence-corrected chi connectivity index (χ2v) is 11.6. The van der Waals surface area contributed by atoms with Crippen molar-refractivity contribution >= 4 is 50.8 Å². The lowest BCUT2D eigenvalue weighted by molar-refractivity contribution is -0.136. The van der Waals surface area contributed by atoms with Crippen LogP contribution >= 0.6 is 27.7 Å². The number of rotatable bonds is 10. The van der Waals surface area contributed by atoms with Gasteiger partial charge < -0.3 is 14.4 Å². The van der Waals surface area contributed by atoms with Crippen LogP contribution in [-0.4, -0.2) is 53.1 Å².